The summed E-state index contributed by atoms with van der Waals surface area (Å²) in [6.45, 7) is 12.4. The maximum Gasteiger partial charge on any atom is 0.328 e. The molecule has 1 aromatic carbocycles. The van der Waals surface area contributed by atoms with Gasteiger partial charge >= 0.3 is 5.69 Å². The number of hydrogen-bond acceptors (Lipinski definition) is 7. The third-order valence-corrected chi connectivity index (χ3v) is 11.6. The molecule has 2 heterocycles. The molecule has 0 bridgehead atoms. The smallest absolute Gasteiger partial charge is 0.328 e. The van der Waals surface area contributed by atoms with Crippen molar-refractivity contribution < 1.29 is 23.7 Å². The first kappa shape index (κ1) is 27.5. The van der Waals surface area contributed by atoms with Gasteiger partial charge in [0.2, 0.25) is 0 Å². The number of aromatic nitrogens is 2. The van der Waals surface area contributed by atoms with Gasteiger partial charge in [0.1, 0.15) is 17.8 Å². The summed E-state index contributed by atoms with van der Waals surface area (Å²) in [5, 5.41) is 11.5. The van der Waals surface area contributed by atoms with Crippen molar-refractivity contribution in [2.75, 3.05) is 13.7 Å². The first-order valence-electron chi connectivity index (χ1n) is 11.8. The van der Waals surface area contributed by atoms with Crippen LogP contribution in [0.4, 0.5) is 0 Å². The van der Waals surface area contributed by atoms with Gasteiger partial charge in [0.15, 0.2) is 14.6 Å². The second-order valence-electron chi connectivity index (χ2n) is 10.7. The molecule has 1 aromatic heterocycles. The molecule has 10 heteroatoms. The van der Waals surface area contributed by atoms with Crippen LogP contribution in [-0.2, 0) is 31.8 Å². The van der Waals surface area contributed by atoms with Gasteiger partial charge in [0, 0.05) is 18.9 Å². The Morgan fingerprint density at radius 1 is 1.20 bits per heavy atom. The number of aliphatic hydroxyl groups excluding tert-OH is 1. The number of nitrogens with zero attached hydrogens (tertiary/aromatic N) is 1. The number of nitrogens with one attached hydrogen (secondary N) is 1. The number of aromatic amines is 1. The molecule has 0 saturated carbocycles. The number of hydrogen-bond donors (Lipinski definition) is 2. The predicted molar refractivity (Wildman–Crippen MR) is 135 cm³/mol. The summed E-state index contributed by atoms with van der Waals surface area (Å²) in [7, 11) is -0.760. The van der Waals surface area contributed by atoms with Gasteiger partial charge in [-0.2, -0.15) is 0 Å². The Balaban J connectivity index is 1.95. The van der Waals surface area contributed by atoms with Crippen LogP contribution in [0.1, 0.15) is 31.9 Å². The van der Waals surface area contributed by atoms with Crippen LogP contribution in [0.15, 0.2) is 46.1 Å². The first-order valence-corrected chi connectivity index (χ1v) is 14.7. The third-order valence-electron chi connectivity index (χ3n) is 7.10. The Hall–Kier alpha value is -2.08. The van der Waals surface area contributed by atoms with Gasteiger partial charge < -0.3 is 23.7 Å². The van der Waals surface area contributed by atoms with Gasteiger partial charge in [-0.3, -0.25) is 14.3 Å². The molecule has 1 aliphatic heterocycles. The molecule has 0 radical (unpaired) electrons. The van der Waals surface area contributed by atoms with Crippen molar-refractivity contribution in [3.63, 3.8) is 0 Å². The number of H-pyrrole nitrogens is 1. The van der Waals surface area contributed by atoms with E-state index in [2.05, 4.69) is 38.8 Å². The van der Waals surface area contributed by atoms with Crippen LogP contribution in [0.5, 0.6) is 0 Å². The molecular weight excluding hydrogens is 468 g/mol. The van der Waals surface area contributed by atoms with E-state index in [9.17, 15) is 14.7 Å². The number of benzene rings is 1. The molecule has 0 aliphatic carbocycles. The lowest BCUT2D eigenvalue weighted by Gasteiger charge is -2.40. The first-order chi connectivity index (χ1) is 16.3. The zero-order valence-corrected chi connectivity index (χ0v) is 22.7. The topological polar surface area (TPSA) is 112 Å². The molecule has 194 valence electrons. The minimum absolute atomic E-state index is 0.0281. The number of methoxy groups -OCH3 is 1. The summed E-state index contributed by atoms with van der Waals surface area (Å²) < 4.78 is 25.7. The minimum atomic E-state index is -2.24. The van der Waals surface area contributed by atoms with Crippen molar-refractivity contribution in [1.29, 1.82) is 0 Å². The average molecular weight is 507 g/mol. The van der Waals surface area contributed by atoms with Crippen LogP contribution < -0.4 is 11.2 Å². The molecule has 1 saturated heterocycles. The molecule has 2 aromatic rings. The second-order valence-corrected chi connectivity index (χ2v) is 15.6. The molecule has 1 fully saturated rings. The lowest BCUT2D eigenvalue weighted by Crippen LogP contribution is -2.55. The van der Waals surface area contributed by atoms with Crippen molar-refractivity contribution in [2.24, 2.45) is 0 Å². The van der Waals surface area contributed by atoms with E-state index in [1.165, 1.54) is 17.9 Å². The molecular formula is C25H38N2O7Si. The highest BCUT2D eigenvalue weighted by molar-refractivity contribution is 6.74. The van der Waals surface area contributed by atoms with Gasteiger partial charge in [-0.15, -0.1) is 0 Å². The van der Waals surface area contributed by atoms with E-state index in [0.29, 0.717) is 5.56 Å². The largest absolute Gasteiger partial charge is 0.414 e. The SMILES string of the molecule is CO[C@@H]1O[C@@](CO[Si](C)(C)C(C)(C)C)(Cn2cc(C)c(=O)[nH]c2=O)[C@@H](O)[C@H]1OCc1ccccc1. The van der Waals surface area contributed by atoms with Crippen molar-refractivity contribution in [1.82, 2.24) is 9.55 Å². The van der Waals surface area contributed by atoms with Gasteiger partial charge in [0.05, 0.1) is 19.8 Å². The molecule has 0 amide bonds. The Morgan fingerprint density at radius 2 is 1.86 bits per heavy atom. The summed E-state index contributed by atoms with van der Waals surface area (Å²) >= 11 is 0. The summed E-state index contributed by atoms with van der Waals surface area (Å²) in [6.07, 6.45) is -1.40. The highest BCUT2D eigenvalue weighted by atomic mass is 28.4. The molecule has 0 unspecified atom stereocenters. The average Bonchev–Trinajstić information content (AvgIpc) is 3.06. The Kier molecular flexibility index (Phi) is 8.25. The highest BCUT2D eigenvalue weighted by Gasteiger charge is 2.57. The van der Waals surface area contributed by atoms with Gasteiger partial charge in [-0.05, 0) is 30.6 Å². The van der Waals surface area contributed by atoms with Gasteiger partial charge in [0.25, 0.3) is 5.56 Å². The monoisotopic (exact) mass is 506 g/mol. The number of ether oxygens (including phenoxy) is 3. The van der Waals surface area contributed by atoms with E-state index >= 15 is 0 Å². The predicted octanol–water partition coefficient (Wildman–Crippen LogP) is 2.55. The molecule has 0 spiro atoms. The highest BCUT2D eigenvalue weighted by Crippen LogP contribution is 2.40. The Morgan fingerprint density at radius 3 is 2.46 bits per heavy atom. The van der Waals surface area contributed by atoms with Gasteiger partial charge in [-0.1, -0.05) is 51.1 Å². The molecule has 3 rings (SSSR count). The fourth-order valence-electron chi connectivity index (χ4n) is 3.77. The van der Waals surface area contributed by atoms with E-state index < -0.39 is 43.7 Å². The van der Waals surface area contributed by atoms with E-state index in [0.717, 1.165) is 5.56 Å². The fraction of sp³-hybridized carbons (Fsp3) is 0.600. The maximum atomic E-state index is 12.6. The Labute approximate surface area is 207 Å². The van der Waals surface area contributed by atoms with E-state index in [4.69, 9.17) is 18.6 Å². The van der Waals surface area contributed by atoms with Crippen LogP contribution in [0.2, 0.25) is 18.1 Å². The van der Waals surface area contributed by atoms with Crippen molar-refractivity contribution in [3.05, 3.63) is 68.5 Å². The summed E-state index contributed by atoms with van der Waals surface area (Å²) in [6, 6.07) is 9.61. The molecule has 2 N–H and O–H groups in total. The van der Waals surface area contributed by atoms with Crippen molar-refractivity contribution in [2.45, 2.75) is 83.1 Å². The molecule has 1 aliphatic rings. The van der Waals surface area contributed by atoms with Crippen LogP contribution in [-0.4, -0.2) is 60.8 Å². The molecule has 4 atom stereocenters. The van der Waals surface area contributed by atoms with Crippen LogP contribution in [0, 0.1) is 6.92 Å². The van der Waals surface area contributed by atoms with E-state index in [1.54, 1.807) is 6.92 Å². The Bertz CT molecular complexity index is 1110. The standard InChI is InChI=1S/C25H38N2O7Si/c1-17-13-27(23(30)26-21(17)29)15-25(16-33-35(6,7)24(2,3)4)20(28)19(22(31-5)34-25)32-14-18-11-9-8-10-12-18/h8-13,19-20,22,28H,14-16H2,1-7H3,(H,26,29,30)/t19-,20+,22-,25-/m1/s1. The summed E-state index contributed by atoms with van der Waals surface area (Å²) in [5.74, 6) is 0. The van der Waals surface area contributed by atoms with Crippen LogP contribution >= 0.6 is 0 Å². The van der Waals surface area contributed by atoms with Gasteiger partial charge in [-0.25, -0.2) is 4.79 Å². The lowest BCUT2D eigenvalue weighted by molar-refractivity contribution is -0.196. The number of rotatable bonds is 9. The minimum Gasteiger partial charge on any atom is -0.414 e. The summed E-state index contributed by atoms with van der Waals surface area (Å²) in [5.41, 5.74) is -1.07. The zero-order chi connectivity index (χ0) is 26.0. The zero-order valence-electron chi connectivity index (χ0n) is 21.7. The van der Waals surface area contributed by atoms with E-state index in [-0.39, 0.29) is 24.8 Å². The fourth-order valence-corrected chi connectivity index (χ4v) is 4.81. The van der Waals surface area contributed by atoms with Crippen LogP contribution in [0.3, 0.4) is 0 Å². The van der Waals surface area contributed by atoms with E-state index in [1.807, 2.05) is 30.3 Å². The van der Waals surface area contributed by atoms with Crippen molar-refractivity contribution >= 4 is 8.32 Å². The number of aliphatic hydroxyl groups is 1. The second kappa shape index (κ2) is 10.5. The molecule has 35 heavy (non-hydrogen) atoms. The normalized spacial score (nSPS) is 25.2. The van der Waals surface area contributed by atoms with Crippen molar-refractivity contribution in [3.8, 4) is 0 Å². The quantitative estimate of drug-likeness (QED) is 0.503. The lowest BCUT2D eigenvalue weighted by atomic mass is 9.95. The number of aryl methyl sites for hydroxylation is 1. The van der Waals surface area contributed by atoms with Crippen LogP contribution in [0.25, 0.3) is 0 Å². The molecule has 9 nitrogen and oxygen atoms in total. The maximum absolute atomic E-state index is 12.6. The third kappa shape index (κ3) is 6.01. The summed E-state index contributed by atoms with van der Waals surface area (Å²) in [4.78, 5) is 26.8.